The number of aryl methyl sites for hydroxylation is 1. The Hall–Kier alpha value is -0.860. The zero-order valence-corrected chi connectivity index (χ0v) is 11.3. The summed E-state index contributed by atoms with van der Waals surface area (Å²) in [6.45, 7) is 8.80. The van der Waals surface area contributed by atoms with Crippen molar-refractivity contribution in [3.63, 3.8) is 0 Å². The molecule has 96 valence electrons. The van der Waals surface area contributed by atoms with Gasteiger partial charge in [-0.2, -0.15) is 0 Å². The molecule has 0 aromatic heterocycles. The van der Waals surface area contributed by atoms with Crippen molar-refractivity contribution in [2.24, 2.45) is 5.92 Å². The zero-order valence-electron chi connectivity index (χ0n) is 11.3. The average molecular weight is 236 g/mol. The normalized spacial score (nSPS) is 14.9. The highest BCUT2D eigenvalue weighted by Gasteiger charge is 2.12. The third-order valence-corrected chi connectivity index (χ3v) is 2.89. The van der Waals surface area contributed by atoms with E-state index in [1.165, 1.54) is 0 Å². The largest absolute Gasteiger partial charge is 0.386 e. The van der Waals surface area contributed by atoms with Crippen molar-refractivity contribution >= 4 is 0 Å². The Labute approximate surface area is 105 Å². The van der Waals surface area contributed by atoms with E-state index in [4.69, 9.17) is 4.74 Å². The van der Waals surface area contributed by atoms with Crippen molar-refractivity contribution in [2.75, 3.05) is 6.61 Å². The number of rotatable bonds is 6. The van der Waals surface area contributed by atoms with Crippen LogP contribution in [-0.4, -0.2) is 17.8 Å². The van der Waals surface area contributed by atoms with Gasteiger partial charge in [-0.1, -0.05) is 38.1 Å². The lowest BCUT2D eigenvalue weighted by Gasteiger charge is -2.19. The van der Waals surface area contributed by atoms with E-state index in [-0.39, 0.29) is 6.10 Å². The molecule has 0 saturated heterocycles. The molecule has 1 rings (SSSR count). The quantitative estimate of drug-likeness (QED) is 0.819. The number of aliphatic hydroxyl groups excluding tert-OH is 1. The molecule has 1 aromatic carbocycles. The van der Waals surface area contributed by atoms with Gasteiger partial charge in [0.15, 0.2) is 0 Å². The lowest BCUT2D eigenvalue weighted by atomic mass is 10.0. The summed E-state index contributed by atoms with van der Waals surface area (Å²) in [5.74, 6) is 0.626. The van der Waals surface area contributed by atoms with Crippen molar-refractivity contribution in [3.8, 4) is 0 Å². The summed E-state index contributed by atoms with van der Waals surface area (Å²) in [5.41, 5.74) is 2.07. The molecule has 2 unspecified atom stereocenters. The minimum atomic E-state index is -0.522. The Morgan fingerprint density at radius 3 is 2.41 bits per heavy atom. The molecule has 0 spiro atoms. The van der Waals surface area contributed by atoms with Crippen LogP contribution in [0.25, 0.3) is 0 Å². The molecule has 0 saturated carbocycles. The van der Waals surface area contributed by atoms with Crippen LogP contribution in [0.4, 0.5) is 0 Å². The van der Waals surface area contributed by atoms with Crippen LogP contribution in [0.3, 0.4) is 0 Å². The van der Waals surface area contributed by atoms with E-state index in [0.29, 0.717) is 12.5 Å². The van der Waals surface area contributed by atoms with E-state index < -0.39 is 6.10 Å². The summed E-state index contributed by atoms with van der Waals surface area (Å²) >= 11 is 0. The van der Waals surface area contributed by atoms with Gasteiger partial charge in [-0.05, 0) is 37.3 Å². The summed E-state index contributed by atoms with van der Waals surface area (Å²) in [6.07, 6.45) is 0.708. The van der Waals surface area contributed by atoms with Gasteiger partial charge in [-0.3, -0.25) is 0 Å². The van der Waals surface area contributed by atoms with Gasteiger partial charge >= 0.3 is 0 Å². The van der Waals surface area contributed by atoms with E-state index in [2.05, 4.69) is 20.8 Å². The number of ether oxygens (including phenoxy) is 1. The third-order valence-electron chi connectivity index (χ3n) is 2.89. The second-order valence-corrected chi connectivity index (χ2v) is 5.15. The Morgan fingerprint density at radius 1 is 1.18 bits per heavy atom. The molecule has 1 aromatic rings. The fourth-order valence-corrected chi connectivity index (χ4v) is 2.04. The predicted molar refractivity (Wildman–Crippen MR) is 71.0 cm³/mol. The molecule has 0 bridgehead atoms. The van der Waals surface area contributed by atoms with Gasteiger partial charge in [0.2, 0.25) is 0 Å². The predicted octanol–water partition coefficient (Wildman–Crippen LogP) is 3.48. The smallest absolute Gasteiger partial charge is 0.103 e. The Kier molecular flexibility index (Phi) is 5.66. The second-order valence-electron chi connectivity index (χ2n) is 5.15. The maximum Gasteiger partial charge on any atom is 0.103 e. The molecule has 0 aliphatic heterocycles. The Morgan fingerprint density at radius 2 is 1.82 bits per heavy atom. The molecule has 2 heteroatoms. The number of aliphatic hydroxyl groups is 1. The van der Waals surface area contributed by atoms with Crippen LogP contribution in [0.2, 0.25) is 0 Å². The lowest BCUT2D eigenvalue weighted by Crippen LogP contribution is -2.16. The minimum Gasteiger partial charge on any atom is -0.386 e. The first-order valence-corrected chi connectivity index (χ1v) is 6.36. The highest BCUT2D eigenvalue weighted by molar-refractivity contribution is 5.27. The van der Waals surface area contributed by atoms with Gasteiger partial charge in [0, 0.05) is 0 Å². The average Bonchev–Trinajstić information content (AvgIpc) is 2.25. The van der Waals surface area contributed by atoms with Gasteiger partial charge in [0.25, 0.3) is 0 Å². The van der Waals surface area contributed by atoms with Crippen LogP contribution in [0.5, 0.6) is 0 Å². The molecule has 0 amide bonds. The summed E-state index contributed by atoms with van der Waals surface area (Å²) in [7, 11) is 0. The standard InChI is InChI=1S/C15H24O2/c1-11(2)9-13(4)17-10-15(16)14-8-6-5-7-12(14)3/h5-8,11,13,15-16H,9-10H2,1-4H3. The second kappa shape index (κ2) is 6.77. The number of hydrogen-bond acceptors (Lipinski definition) is 2. The zero-order chi connectivity index (χ0) is 12.8. The topological polar surface area (TPSA) is 29.5 Å². The van der Waals surface area contributed by atoms with Crippen molar-refractivity contribution in [1.29, 1.82) is 0 Å². The van der Waals surface area contributed by atoms with E-state index >= 15 is 0 Å². The molecular weight excluding hydrogens is 212 g/mol. The monoisotopic (exact) mass is 236 g/mol. The fourth-order valence-electron chi connectivity index (χ4n) is 2.04. The van der Waals surface area contributed by atoms with Crippen LogP contribution in [0.15, 0.2) is 24.3 Å². The summed E-state index contributed by atoms with van der Waals surface area (Å²) in [4.78, 5) is 0. The van der Waals surface area contributed by atoms with Crippen molar-refractivity contribution in [2.45, 2.75) is 46.3 Å². The molecule has 0 aliphatic carbocycles. The van der Waals surface area contributed by atoms with Crippen molar-refractivity contribution in [1.82, 2.24) is 0 Å². The maximum atomic E-state index is 10.1. The highest BCUT2D eigenvalue weighted by Crippen LogP contribution is 2.18. The molecule has 2 atom stereocenters. The van der Waals surface area contributed by atoms with Crippen LogP contribution in [0, 0.1) is 12.8 Å². The minimum absolute atomic E-state index is 0.202. The summed E-state index contributed by atoms with van der Waals surface area (Å²) in [5, 5.41) is 10.1. The van der Waals surface area contributed by atoms with Crippen LogP contribution in [-0.2, 0) is 4.74 Å². The molecule has 17 heavy (non-hydrogen) atoms. The van der Waals surface area contributed by atoms with Crippen molar-refractivity contribution < 1.29 is 9.84 Å². The first-order chi connectivity index (χ1) is 8.00. The maximum absolute atomic E-state index is 10.1. The summed E-state index contributed by atoms with van der Waals surface area (Å²) in [6, 6.07) is 7.89. The van der Waals surface area contributed by atoms with E-state index in [0.717, 1.165) is 17.5 Å². The van der Waals surface area contributed by atoms with Gasteiger partial charge in [0.05, 0.1) is 12.7 Å². The fraction of sp³-hybridized carbons (Fsp3) is 0.600. The highest BCUT2D eigenvalue weighted by atomic mass is 16.5. The van der Waals surface area contributed by atoms with Crippen molar-refractivity contribution in [3.05, 3.63) is 35.4 Å². The molecule has 0 fully saturated rings. The van der Waals surface area contributed by atoms with Crippen LogP contribution < -0.4 is 0 Å². The molecule has 0 heterocycles. The van der Waals surface area contributed by atoms with Crippen LogP contribution in [0.1, 0.15) is 44.4 Å². The number of benzene rings is 1. The lowest BCUT2D eigenvalue weighted by molar-refractivity contribution is -0.0103. The SMILES string of the molecule is Cc1ccccc1C(O)COC(C)CC(C)C. The van der Waals surface area contributed by atoms with Gasteiger partial charge in [-0.15, -0.1) is 0 Å². The molecule has 2 nitrogen and oxygen atoms in total. The Bertz CT molecular complexity index is 333. The van der Waals surface area contributed by atoms with E-state index in [9.17, 15) is 5.11 Å². The molecule has 0 aliphatic rings. The van der Waals surface area contributed by atoms with Gasteiger partial charge in [0.1, 0.15) is 6.10 Å². The third kappa shape index (κ3) is 4.88. The van der Waals surface area contributed by atoms with E-state index in [1.807, 2.05) is 31.2 Å². The van der Waals surface area contributed by atoms with Gasteiger partial charge in [-0.25, -0.2) is 0 Å². The Balaban J connectivity index is 2.45. The number of hydrogen-bond donors (Lipinski definition) is 1. The molecule has 1 N–H and O–H groups in total. The van der Waals surface area contributed by atoms with Crippen LogP contribution >= 0.6 is 0 Å². The summed E-state index contributed by atoms with van der Waals surface area (Å²) < 4.78 is 5.67. The van der Waals surface area contributed by atoms with Gasteiger partial charge < -0.3 is 9.84 Å². The molecule has 0 radical (unpaired) electrons. The first-order valence-electron chi connectivity index (χ1n) is 6.36. The molecular formula is C15H24O2. The first kappa shape index (κ1) is 14.2. The van der Waals surface area contributed by atoms with E-state index in [1.54, 1.807) is 0 Å².